The highest BCUT2D eigenvalue weighted by Gasteiger charge is 2.27. The lowest BCUT2D eigenvalue weighted by Crippen LogP contribution is -2.42. The maximum atomic E-state index is 13.7. The number of aromatic nitrogens is 5. The Hall–Kier alpha value is -3.59. The molecule has 0 N–H and O–H groups in total. The molecule has 1 fully saturated rings. The lowest BCUT2D eigenvalue weighted by atomic mass is 10.2. The van der Waals surface area contributed by atoms with E-state index >= 15 is 0 Å². The van der Waals surface area contributed by atoms with Gasteiger partial charge in [-0.1, -0.05) is 0 Å². The van der Waals surface area contributed by atoms with Gasteiger partial charge in [-0.05, 0) is 30.3 Å². The molecular formula is C22H21FN6O2. The van der Waals surface area contributed by atoms with Crippen LogP contribution in [0.2, 0.25) is 0 Å². The van der Waals surface area contributed by atoms with Gasteiger partial charge in [0.2, 0.25) is 5.95 Å². The van der Waals surface area contributed by atoms with Crippen LogP contribution in [0.25, 0.3) is 22.3 Å². The van der Waals surface area contributed by atoms with E-state index in [0.29, 0.717) is 37.0 Å². The predicted octanol–water partition coefficient (Wildman–Crippen LogP) is 2.45. The minimum Gasteiger partial charge on any atom is -0.368 e. The first kappa shape index (κ1) is 19.4. The van der Waals surface area contributed by atoms with E-state index in [-0.39, 0.29) is 17.5 Å². The molecule has 0 bridgehead atoms. The third-order valence-corrected chi connectivity index (χ3v) is 5.68. The van der Waals surface area contributed by atoms with Gasteiger partial charge >= 0.3 is 0 Å². The second-order valence-electron chi connectivity index (χ2n) is 7.57. The number of morpholine rings is 1. The second-order valence-corrected chi connectivity index (χ2v) is 7.57. The average molecular weight is 420 g/mol. The molecule has 0 saturated carbocycles. The van der Waals surface area contributed by atoms with Crippen LogP contribution in [-0.4, -0.2) is 43.8 Å². The van der Waals surface area contributed by atoms with E-state index in [0.717, 1.165) is 16.6 Å². The van der Waals surface area contributed by atoms with Crippen molar-refractivity contribution in [2.24, 2.45) is 14.1 Å². The molecule has 31 heavy (non-hydrogen) atoms. The summed E-state index contributed by atoms with van der Waals surface area (Å²) in [5, 5.41) is 0.828. The molecule has 0 spiro atoms. The van der Waals surface area contributed by atoms with Crippen LogP contribution < -0.4 is 10.5 Å². The summed E-state index contributed by atoms with van der Waals surface area (Å²) in [7, 11) is 3.65. The fraction of sp³-hybridized carbons (Fsp3) is 0.273. The van der Waals surface area contributed by atoms with Crippen molar-refractivity contribution in [2.75, 3.05) is 24.6 Å². The molecule has 4 aromatic rings. The number of ether oxygens (including phenoxy) is 1. The molecule has 1 aliphatic rings. The van der Waals surface area contributed by atoms with E-state index in [4.69, 9.17) is 9.72 Å². The SMILES string of the molecule is Cn1c(N2CCOC(c3cc4cc(F)ccc4n3C)C2)nc(-c2ccncn2)cc1=O. The standard InChI is InChI=1S/C22H21FN6O2/c1-27-18-4-3-15(23)9-14(18)10-19(27)20-12-29(7-8-31-20)22-26-17(11-21(30)28(22)2)16-5-6-24-13-25-16/h3-6,9-11,13,20H,7-8,12H2,1-2H3. The molecule has 1 saturated heterocycles. The molecular weight excluding hydrogens is 399 g/mol. The van der Waals surface area contributed by atoms with Crippen molar-refractivity contribution in [3.8, 4) is 11.4 Å². The van der Waals surface area contributed by atoms with E-state index in [1.807, 2.05) is 22.6 Å². The summed E-state index contributed by atoms with van der Waals surface area (Å²) in [5.41, 5.74) is 2.82. The number of hydrogen-bond donors (Lipinski definition) is 0. The van der Waals surface area contributed by atoms with Gasteiger partial charge in [-0.2, -0.15) is 0 Å². The van der Waals surface area contributed by atoms with Gasteiger partial charge in [-0.3, -0.25) is 9.36 Å². The summed E-state index contributed by atoms with van der Waals surface area (Å²) in [6.07, 6.45) is 2.81. The van der Waals surface area contributed by atoms with Crippen LogP contribution in [0.15, 0.2) is 53.7 Å². The van der Waals surface area contributed by atoms with E-state index in [1.54, 1.807) is 25.4 Å². The Morgan fingerprint density at radius 3 is 2.77 bits per heavy atom. The summed E-state index contributed by atoms with van der Waals surface area (Å²) in [6.45, 7) is 1.59. The fourth-order valence-corrected chi connectivity index (χ4v) is 4.04. The van der Waals surface area contributed by atoms with Gasteiger partial charge in [0.15, 0.2) is 0 Å². The molecule has 5 rings (SSSR count). The van der Waals surface area contributed by atoms with Gasteiger partial charge in [0.05, 0.1) is 24.5 Å². The first-order valence-corrected chi connectivity index (χ1v) is 9.97. The maximum absolute atomic E-state index is 13.7. The van der Waals surface area contributed by atoms with Gasteiger partial charge in [0.1, 0.15) is 18.2 Å². The molecule has 0 aliphatic carbocycles. The van der Waals surface area contributed by atoms with Crippen molar-refractivity contribution in [1.29, 1.82) is 0 Å². The molecule has 0 amide bonds. The van der Waals surface area contributed by atoms with Crippen LogP contribution in [0.4, 0.5) is 10.3 Å². The highest BCUT2D eigenvalue weighted by molar-refractivity contribution is 5.81. The molecule has 4 heterocycles. The molecule has 1 atom stereocenters. The quantitative estimate of drug-likeness (QED) is 0.507. The highest BCUT2D eigenvalue weighted by atomic mass is 19.1. The van der Waals surface area contributed by atoms with Gasteiger partial charge < -0.3 is 14.2 Å². The Labute approximate surface area is 177 Å². The molecule has 158 valence electrons. The number of nitrogens with zero attached hydrogens (tertiary/aromatic N) is 6. The van der Waals surface area contributed by atoms with Crippen LogP contribution in [0, 0.1) is 5.82 Å². The van der Waals surface area contributed by atoms with Crippen molar-refractivity contribution >= 4 is 16.9 Å². The lowest BCUT2D eigenvalue weighted by Gasteiger charge is -2.34. The van der Waals surface area contributed by atoms with Gasteiger partial charge in [-0.15, -0.1) is 0 Å². The van der Waals surface area contributed by atoms with Gasteiger partial charge in [-0.25, -0.2) is 19.3 Å². The predicted molar refractivity (Wildman–Crippen MR) is 114 cm³/mol. The number of hydrogen-bond acceptors (Lipinski definition) is 6. The zero-order chi connectivity index (χ0) is 21.5. The van der Waals surface area contributed by atoms with Crippen LogP contribution >= 0.6 is 0 Å². The zero-order valence-electron chi connectivity index (χ0n) is 17.2. The summed E-state index contributed by atoms with van der Waals surface area (Å²) in [6, 6.07) is 9.90. The largest absolute Gasteiger partial charge is 0.368 e. The summed E-state index contributed by atoms with van der Waals surface area (Å²) < 4.78 is 23.3. The van der Waals surface area contributed by atoms with Crippen molar-refractivity contribution in [1.82, 2.24) is 24.1 Å². The van der Waals surface area contributed by atoms with Gasteiger partial charge in [0, 0.05) is 49.5 Å². The van der Waals surface area contributed by atoms with Crippen LogP contribution in [-0.2, 0) is 18.8 Å². The summed E-state index contributed by atoms with van der Waals surface area (Å²) in [5.74, 6) is 0.288. The molecule has 3 aromatic heterocycles. The van der Waals surface area contributed by atoms with Crippen LogP contribution in [0.3, 0.4) is 0 Å². The zero-order valence-corrected chi connectivity index (χ0v) is 17.2. The van der Waals surface area contributed by atoms with Crippen molar-refractivity contribution in [3.63, 3.8) is 0 Å². The first-order valence-electron chi connectivity index (χ1n) is 9.97. The fourth-order valence-electron chi connectivity index (χ4n) is 4.04. The smallest absolute Gasteiger partial charge is 0.255 e. The normalized spacial score (nSPS) is 16.7. The Kier molecular flexibility index (Phi) is 4.74. The third-order valence-electron chi connectivity index (χ3n) is 5.68. The molecule has 1 aliphatic heterocycles. The topological polar surface area (TPSA) is 78.1 Å². The average Bonchev–Trinajstić information content (AvgIpc) is 3.11. The number of aryl methyl sites for hydroxylation is 1. The number of fused-ring (bicyclic) bond motifs is 1. The third kappa shape index (κ3) is 3.46. The Morgan fingerprint density at radius 2 is 1.97 bits per heavy atom. The Bertz CT molecular complexity index is 1320. The first-order chi connectivity index (χ1) is 15.0. The van der Waals surface area contributed by atoms with E-state index < -0.39 is 0 Å². The van der Waals surface area contributed by atoms with E-state index in [2.05, 4.69) is 9.97 Å². The Morgan fingerprint density at radius 1 is 1.10 bits per heavy atom. The lowest BCUT2D eigenvalue weighted by molar-refractivity contribution is 0.0347. The summed E-state index contributed by atoms with van der Waals surface area (Å²) >= 11 is 0. The molecule has 0 radical (unpaired) electrons. The molecule has 1 unspecified atom stereocenters. The molecule has 9 heteroatoms. The monoisotopic (exact) mass is 420 g/mol. The maximum Gasteiger partial charge on any atom is 0.255 e. The Balaban J connectivity index is 1.51. The number of rotatable bonds is 3. The van der Waals surface area contributed by atoms with E-state index in [1.165, 1.54) is 29.1 Å². The molecule has 1 aromatic carbocycles. The van der Waals surface area contributed by atoms with Crippen molar-refractivity contribution < 1.29 is 9.13 Å². The van der Waals surface area contributed by atoms with Crippen LogP contribution in [0.1, 0.15) is 11.8 Å². The summed E-state index contributed by atoms with van der Waals surface area (Å²) in [4.78, 5) is 27.5. The van der Waals surface area contributed by atoms with Gasteiger partial charge in [0.25, 0.3) is 5.56 Å². The number of halogens is 1. The highest BCUT2D eigenvalue weighted by Crippen LogP contribution is 2.30. The van der Waals surface area contributed by atoms with Crippen LogP contribution in [0.5, 0.6) is 0 Å². The minimum atomic E-state index is -0.267. The number of benzene rings is 1. The van der Waals surface area contributed by atoms with Crippen molar-refractivity contribution in [3.05, 3.63) is 70.8 Å². The minimum absolute atomic E-state index is 0.165. The number of anilines is 1. The van der Waals surface area contributed by atoms with E-state index in [9.17, 15) is 9.18 Å². The molecule has 8 nitrogen and oxygen atoms in total. The second kappa shape index (κ2) is 7.59. The van der Waals surface area contributed by atoms with Crippen molar-refractivity contribution in [2.45, 2.75) is 6.10 Å².